The number of thiocarbonyl (C=S) groups is 1. The van der Waals surface area contributed by atoms with Gasteiger partial charge in [0.15, 0.2) is 15.8 Å². The standard InChI is InChI=1S/C21H17Cl2NO3S2/c1-3-9-27-19-16(23)10-13(11-17(19)26-4-2)12-18-20(25)24(21(28)29-18)15-7-5-14(22)6-8-15/h3,5-8,10-12H,1,4,9H2,2H3/b18-12-. The van der Waals surface area contributed by atoms with Gasteiger partial charge in [0.05, 0.1) is 22.2 Å². The van der Waals surface area contributed by atoms with E-state index in [1.165, 1.54) is 16.7 Å². The zero-order valence-corrected chi connectivity index (χ0v) is 18.6. The molecule has 8 heteroatoms. The van der Waals surface area contributed by atoms with Crippen LogP contribution in [0.5, 0.6) is 11.5 Å². The number of carbonyl (C=O) groups is 1. The fourth-order valence-corrected chi connectivity index (χ4v) is 4.35. The Hall–Kier alpha value is -1.99. The Morgan fingerprint density at radius 1 is 1.21 bits per heavy atom. The second-order valence-electron chi connectivity index (χ2n) is 5.86. The first-order valence-electron chi connectivity index (χ1n) is 8.68. The summed E-state index contributed by atoms with van der Waals surface area (Å²) in [5.41, 5.74) is 1.38. The molecule has 2 aromatic carbocycles. The van der Waals surface area contributed by atoms with E-state index in [4.69, 9.17) is 44.9 Å². The van der Waals surface area contributed by atoms with Gasteiger partial charge < -0.3 is 9.47 Å². The van der Waals surface area contributed by atoms with Gasteiger partial charge in [-0.1, -0.05) is 59.8 Å². The third kappa shape index (κ3) is 4.95. The molecular weight excluding hydrogens is 449 g/mol. The van der Waals surface area contributed by atoms with Crippen LogP contribution < -0.4 is 14.4 Å². The average molecular weight is 466 g/mol. The SMILES string of the molecule is C=CCOc1c(Cl)cc(/C=C2\SC(=S)N(c3ccc(Cl)cc3)C2=O)cc1OCC. The molecule has 1 saturated heterocycles. The van der Waals surface area contributed by atoms with E-state index in [0.29, 0.717) is 55.2 Å². The van der Waals surface area contributed by atoms with E-state index in [-0.39, 0.29) is 5.91 Å². The van der Waals surface area contributed by atoms with Gasteiger partial charge in [-0.25, -0.2) is 0 Å². The molecule has 0 aromatic heterocycles. The smallest absolute Gasteiger partial charge is 0.270 e. The van der Waals surface area contributed by atoms with Crippen LogP contribution in [0.2, 0.25) is 10.0 Å². The summed E-state index contributed by atoms with van der Waals surface area (Å²) in [6, 6.07) is 10.4. The largest absolute Gasteiger partial charge is 0.490 e. The number of hydrogen-bond acceptors (Lipinski definition) is 5. The van der Waals surface area contributed by atoms with E-state index in [1.54, 1.807) is 48.6 Å². The van der Waals surface area contributed by atoms with Crippen LogP contribution in [-0.4, -0.2) is 23.4 Å². The summed E-state index contributed by atoms with van der Waals surface area (Å²) < 4.78 is 11.7. The average Bonchev–Trinajstić information content (AvgIpc) is 2.95. The highest BCUT2D eigenvalue weighted by atomic mass is 35.5. The maximum atomic E-state index is 12.9. The van der Waals surface area contributed by atoms with E-state index in [9.17, 15) is 4.79 Å². The molecule has 0 bridgehead atoms. The Balaban J connectivity index is 1.93. The Kier molecular flexibility index (Phi) is 7.24. The van der Waals surface area contributed by atoms with Crippen LogP contribution in [0.3, 0.4) is 0 Å². The van der Waals surface area contributed by atoms with E-state index in [0.717, 1.165) is 0 Å². The molecule has 1 fully saturated rings. The molecule has 1 aliphatic heterocycles. The number of carbonyl (C=O) groups excluding carboxylic acids is 1. The first kappa shape index (κ1) is 21.7. The molecule has 0 spiro atoms. The van der Waals surface area contributed by atoms with E-state index < -0.39 is 0 Å². The first-order valence-corrected chi connectivity index (χ1v) is 10.7. The number of ether oxygens (including phenoxy) is 2. The molecule has 1 heterocycles. The van der Waals surface area contributed by atoms with Crippen LogP contribution in [0.25, 0.3) is 6.08 Å². The topological polar surface area (TPSA) is 38.8 Å². The van der Waals surface area contributed by atoms with Gasteiger partial charge in [0.25, 0.3) is 5.91 Å². The molecule has 0 aliphatic carbocycles. The maximum absolute atomic E-state index is 12.9. The molecule has 2 aromatic rings. The normalized spacial score (nSPS) is 15.1. The lowest BCUT2D eigenvalue weighted by molar-refractivity contribution is -0.113. The molecular formula is C21H17Cl2NO3S2. The molecule has 0 N–H and O–H groups in total. The summed E-state index contributed by atoms with van der Waals surface area (Å²) in [6.07, 6.45) is 3.36. The fourth-order valence-electron chi connectivity index (χ4n) is 2.65. The maximum Gasteiger partial charge on any atom is 0.270 e. The molecule has 0 atom stereocenters. The molecule has 3 rings (SSSR count). The van der Waals surface area contributed by atoms with Crippen molar-refractivity contribution in [1.29, 1.82) is 0 Å². The summed E-state index contributed by atoms with van der Waals surface area (Å²) in [5.74, 6) is 0.740. The van der Waals surface area contributed by atoms with Crippen LogP contribution in [-0.2, 0) is 4.79 Å². The van der Waals surface area contributed by atoms with E-state index in [1.807, 2.05) is 6.92 Å². The first-order chi connectivity index (χ1) is 13.9. The van der Waals surface area contributed by atoms with Gasteiger partial charge in [-0.05, 0) is 55.0 Å². The number of amides is 1. The van der Waals surface area contributed by atoms with Crippen LogP contribution in [0.15, 0.2) is 54.0 Å². The highest BCUT2D eigenvalue weighted by molar-refractivity contribution is 8.27. The number of thioether (sulfide) groups is 1. The lowest BCUT2D eigenvalue weighted by atomic mass is 10.1. The zero-order valence-electron chi connectivity index (χ0n) is 15.5. The molecule has 0 saturated carbocycles. The summed E-state index contributed by atoms with van der Waals surface area (Å²) in [7, 11) is 0. The monoisotopic (exact) mass is 465 g/mol. The summed E-state index contributed by atoms with van der Waals surface area (Å²) in [5, 5.41) is 0.976. The van der Waals surface area contributed by atoms with E-state index in [2.05, 4.69) is 6.58 Å². The minimum Gasteiger partial charge on any atom is -0.490 e. The predicted octanol–water partition coefficient (Wildman–Crippen LogP) is 6.36. The Morgan fingerprint density at radius 3 is 2.59 bits per heavy atom. The third-order valence-corrected chi connectivity index (χ3v) is 5.69. The van der Waals surface area contributed by atoms with Gasteiger partial charge in [-0.15, -0.1) is 0 Å². The quantitative estimate of drug-likeness (QED) is 0.270. The number of benzene rings is 2. The van der Waals surface area contributed by atoms with Crippen LogP contribution in [0, 0.1) is 0 Å². The zero-order chi connectivity index (χ0) is 21.0. The van der Waals surface area contributed by atoms with Crippen LogP contribution >= 0.6 is 47.2 Å². The second-order valence-corrected chi connectivity index (χ2v) is 8.38. The van der Waals surface area contributed by atoms with Gasteiger partial charge in [0.1, 0.15) is 6.61 Å². The minimum absolute atomic E-state index is 0.205. The van der Waals surface area contributed by atoms with Crippen molar-refractivity contribution >= 4 is 69.2 Å². The highest BCUT2D eigenvalue weighted by Gasteiger charge is 2.33. The second kappa shape index (κ2) is 9.67. The van der Waals surface area contributed by atoms with Gasteiger partial charge in [0, 0.05) is 5.02 Å². The van der Waals surface area contributed by atoms with Gasteiger partial charge >= 0.3 is 0 Å². The third-order valence-electron chi connectivity index (χ3n) is 3.85. The molecule has 4 nitrogen and oxygen atoms in total. The van der Waals surface area contributed by atoms with Crippen LogP contribution in [0.1, 0.15) is 12.5 Å². The Labute approximate surface area is 189 Å². The number of rotatable bonds is 7. The van der Waals surface area contributed by atoms with Crippen molar-refractivity contribution in [1.82, 2.24) is 0 Å². The van der Waals surface area contributed by atoms with Crippen molar-refractivity contribution in [3.63, 3.8) is 0 Å². The van der Waals surface area contributed by atoms with Crippen molar-refractivity contribution in [2.24, 2.45) is 0 Å². The number of anilines is 1. The van der Waals surface area contributed by atoms with Crippen molar-refractivity contribution in [2.45, 2.75) is 6.92 Å². The lowest BCUT2D eigenvalue weighted by Gasteiger charge is -2.14. The molecule has 0 unspecified atom stereocenters. The highest BCUT2D eigenvalue weighted by Crippen LogP contribution is 2.40. The summed E-state index contributed by atoms with van der Waals surface area (Å²) >= 11 is 18.9. The number of halogens is 2. The number of nitrogens with zero attached hydrogens (tertiary/aromatic N) is 1. The van der Waals surface area contributed by atoms with Gasteiger partial charge in [-0.3, -0.25) is 9.69 Å². The molecule has 1 amide bonds. The van der Waals surface area contributed by atoms with Crippen molar-refractivity contribution in [3.8, 4) is 11.5 Å². The van der Waals surface area contributed by atoms with Gasteiger partial charge in [0.2, 0.25) is 0 Å². The van der Waals surface area contributed by atoms with Gasteiger partial charge in [-0.2, -0.15) is 0 Å². The summed E-state index contributed by atoms with van der Waals surface area (Å²) in [4.78, 5) is 14.9. The molecule has 29 heavy (non-hydrogen) atoms. The van der Waals surface area contributed by atoms with E-state index >= 15 is 0 Å². The lowest BCUT2D eigenvalue weighted by Crippen LogP contribution is -2.27. The van der Waals surface area contributed by atoms with Crippen molar-refractivity contribution in [2.75, 3.05) is 18.1 Å². The molecule has 1 aliphatic rings. The minimum atomic E-state index is -0.205. The fraction of sp³-hybridized carbons (Fsp3) is 0.143. The molecule has 150 valence electrons. The van der Waals surface area contributed by atoms with Crippen LogP contribution in [0.4, 0.5) is 5.69 Å². The van der Waals surface area contributed by atoms with Crippen molar-refractivity contribution in [3.05, 3.63) is 69.6 Å². The predicted molar refractivity (Wildman–Crippen MR) is 125 cm³/mol. The Morgan fingerprint density at radius 2 is 1.93 bits per heavy atom. The summed E-state index contributed by atoms with van der Waals surface area (Å²) in [6.45, 7) is 6.26. The Bertz CT molecular complexity index is 990. The van der Waals surface area contributed by atoms with Crippen molar-refractivity contribution < 1.29 is 14.3 Å². The number of hydrogen-bond donors (Lipinski definition) is 0. The molecule has 0 radical (unpaired) electrons.